The first-order valence-corrected chi connectivity index (χ1v) is 5.38. The van der Waals surface area contributed by atoms with Crippen LogP contribution in [0.5, 0.6) is 0 Å². The number of hydrogen-bond donors (Lipinski definition) is 0. The highest BCUT2D eigenvalue weighted by Gasteiger charge is 2.16. The number of carbonyl (C=O) groups is 2. The van der Waals surface area contributed by atoms with Crippen LogP contribution in [0, 0.1) is 0 Å². The van der Waals surface area contributed by atoms with Crippen molar-refractivity contribution in [1.29, 1.82) is 0 Å². The number of ketones is 1. The second kappa shape index (κ2) is 5.49. The van der Waals surface area contributed by atoms with Gasteiger partial charge >= 0.3 is 5.97 Å². The maximum absolute atomic E-state index is 11.5. The zero-order valence-corrected chi connectivity index (χ0v) is 9.78. The zero-order chi connectivity index (χ0) is 12.1. The summed E-state index contributed by atoms with van der Waals surface area (Å²) in [7, 11) is 0. The molecule has 0 bridgehead atoms. The highest BCUT2D eigenvalue weighted by atomic mass is 16.6. The maximum Gasteiger partial charge on any atom is 0.374 e. The van der Waals surface area contributed by atoms with Crippen molar-refractivity contribution >= 4 is 11.8 Å². The van der Waals surface area contributed by atoms with Gasteiger partial charge in [-0.1, -0.05) is 6.92 Å². The minimum Gasteiger partial charge on any atom is -0.457 e. The number of furan rings is 1. The number of carbonyl (C=O) groups excluding carboxylic acids is 2. The van der Waals surface area contributed by atoms with Crippen molar-refractivity contribution in [3.63, 3.8) is 0 Å². The Balaban J connectivity index is 2.71. The lowest BCUT2D eigenvalue weighted by atomic mass is 10.2. The van der Waals surface area contributed by atoms with Crippen molar-refractivity contribution in [2.75, 3.05) is 0 Å². The summed E-state index contributed by atoms with van der Waals surface area (Å²) in [6.45, 7) is 5.42. The van der Waals surface area contributed by atoms with E-state index in [1.54, 1.807) is 13.8 Å². The van der Waals surface area contributed by atoms with E-state index in [1.807, 2.05) is 6.92 Å². The Labute approximate surface area is 94.6 Å². The van der Waals surface area contributed by atoms with Gasteiger partial charge in [0.1, 0.15) is 0 Å². The third-order valence-electron chi connectivity index (χ3n) is 1.90. The van der Waals surface area contributed by atoms with Gasteiger partial charge in [0, 0.05) is 6.42 Å². The van der Waals surface area contributed by atoms with Gasteiger partial charge in [0.05, 0.1) is 6.10 Å². The topological polar surface area (TPSA) is 56.5 Å². The van der Waals surface area contributed by atoms with Crippen molar-refractivity contribution in [3.05, 3.63) is 23.7 Å². The molecule has 0 radical (unpaired) electrons. The molecule has 1 aromatic heterocycles. The monoisotopic (exact) mass is 224 g/mol. The summed E-state index contributed by atoms with van der Waals surface area (Å²) in [6.07, 6.45) is 0.977. The van der Waals surface area contributed by atoms with Gasteiger partial charge in [0.2, 0.25) is 5.76 Å². The number of Topliss-reactive ketones (excluding diaryl/α,β-unsaturated/α-hetero) is 1. The van der Waals surface area contributed by atoms with Gasteiger partial charge in [-0.15, -0.1) is 0 Å². The Morgan fingerprint density at radius 1 is 1.31 bits per heavy atom. The van der Waals surface area contributed by atoms with Crippen molar-refractivity contribution in [2.45, 2.75) is 39.7 Å². The number of esters is 1. The van der Waals surface area contributed by atoms with Crippen molar-refractivity contribution in [1.82, 2.24) is 0 Å². The van der Waals surface area contributed by atoms with Crippen LogP contribution in [0.4, 0.5) is 0 Å². The van der Waals surface area contributed by atoms with E-state index in [4.69, 9.17) is 9.15 Å². The Morgan fingerprint density at radius 3 is 2.50 bits per heavy atom. The first kappa shape index (κ1) is 12.5. The lowest BCUT2D eigenvalue weighted by molar-refractivity contribution is 0.0340. The van der Waals surface area contributed by atoms with E-state index >= 15 is 0 Å². The first-order valence-electron chi connectivity index (χ1n) is 5.38. The first-order chi connectivity index (χ1) is 7.54. The van der Waals surface area contributed by atoms with E-state index in [9.17, 15) is 9.59 Å². The van der Waals surface area contributed by atoms with E-state index in [2.05, 4.69) is 0 Å². The molecule has 0 spiro atoms. The van der Waals surface area contributed by atoms with Crippen LogP contribution in [0.3, 0.4) is 0 Å². The highest BCUT2D eigenvalue weighted by molar-refractivity contribution is 5.95. The Bertz CT molecular complexity index is 376. The van der Waals surface area contributed by atoms with Crippen LogP contribution in [0.1, 0.15) is 54.7 Å². The van der Waals surface area contributed by atoms with Gasteiger partial charge in [-0.05, 0) is 32.4 Å². The van der Waals surface area contributed by atoms with Gasteiger partial charge in [0.25, 0.3) is 0 Å². The molecular formula is C12H16O4. The van der Waals surface area contributed by atoms with E-state index in [0.717, 1.165) is 6.42 Å². The average molecular weight is 224 g/mol. The fourth-order valence-corrected chi connectivity index (χ4v) is 1.22. The second-order valence-electron chi connectivity index (χ2n) is 3.79. The van der Waals surface area contributed by atoms with Crippen LogP contribution in [-0.2, 0) is 4.74 Å². The second-order valence-corrected chi connectivity index (χ2v) is 3.79. The van der Waals surface area contributed by atoms with E-state index in [1.165, 1.54) is 12.1 Å². The number of hydrogen-bond acceptors (Lipinski definition) is 4. The largest absolute Gasteiger partial charge is 0.457 e. The lowest BCUT2D eigenvalue weighted by Gasteiger charge is -2.04. The molecule has 4 nitrogen and oxygen atoms in total. The molecule has 0 saturated carbocycles. The molecule has 0 aliphatic heterocycles. The van der Waals surface area contributed by atoms with Crippen LogP contribution < -0.4 is 0 Å². The summed E-state index contributed by atoms with van der Waals surface area (Å²) >= 11 is 0. The maximum atomic E-state index is 11.5. The molecule has 1 rings (SSSR count). The van der Waals surface area contributed by atoms with Gasteiger partial charge in [-0.3, -0.25) is 4.79 Å². The van der Waals surface area contributed by atoms with E-state index in [0.29, 0.717) is 6.42 Å². The zero-order valence-electron chi connectivity index (χ0n) is 9.78. The molecule has 0 saturated heterocycles. The van der Waals surface area contributed by atoms with Gasteiger partial charge in [0.15, 0.2) is 11.5 Å². The predicted molar refractivity (Wildman–Crippen MR) is 58.5 cm³/mol. The molecule has 1 aromatic rings. The van der Waals surface area contributed by atoms with Crippen LogP contribution in [0.15, 0.2) is 16.5 Å². The summed E-state index contributed by atoms with van der Waals surface area (Å²) in [5.74, 6) is -0.331. The fourth-order valence-electron chi connectivity index (χ4n) is 1.22. The molecule has 1 heterocycles. The Morgan fingerprint density at radius 2 is 1.94 bits per heavy atom. The van der Waals surface area contributed by atoms with Crippen molar-refractivity contribution in [3.8, 4) is 0 Å². The quantitative estimate of drug-likeness (QED) is 0.570. The molecular weight excluding hydrogens is 208 g/mol. The Kier molecular flexibility index (Phi) is 4.28. The molecule has 0 fully saturated rings. The molecule has 4 heteroatoms. The predicted octanol–water partition coefficient (Wildman–Crippen LogP) is 2.83. The van der Waals surface area contributed by atoms with Gasteiger partial charge in [-0.2, -0.15) is 0 Å². The fraction of sp³-hybridized carbons (Fsp3) is 0.500. The minimum absolute atomic E-state index is 0.0770. The molecule has 0 aliphatic carbocycles. The summed E-state index contributed by atoms with van der Waals surface area (Å²) in [5, 5.41) is 0. The molecule has 0 amide bonds. The molecule has 0 aliphatic rings. The summed E-state index contributed by atoms with van der Waals surface area (Å²) in [4.78, 5) is 22.9. The van der Waals surface area contributed by atoms with Crippen LogP contribution >= 0.6 is 0 Å². The molecule has 88 valence electrons. The third kappa shape index (κ3) is 3.22. The smallest absolute Gasteiger partial charge is 0.374 e. The van der Waals surface area contributed by atoms with E-state index < -0.39 is 5.97 Å². The van der Waals surface area contributed by atoms with E-state index in [-0.39, 0.29) is 23.4 Å². The lowest BCUT2D eigenvalue weighted by Crippen LogP contribution is -2.10. The molecule has 0 N–H and O–H groups in total. The summed E-state index contributed by atoms with van der Waals surface area (Å²) in [5.41, 5.74) is 0. The summed E-state index contributed by atoms with van der Waals surface area (Å²) in [6, 6.07) is 2.97. The van der Waals surface area contributed by atoms with Crippen molar-refractivity contribution in [2.24, 2.45) is 0 Å². The SMILES string of the molecule is CCCC(=O)c1ccc(C(=O)OC(C)C)o1. The number of rotatable bonds is 5. The van der Waals surface area contributed by atoms with Crippen LogP contribution in [0.2, 0.25) is 0 Å². The molecule has 16 heavy (non-hydrogen) atoms. The molecule has 0 unspecified atom stereocenters. The Hall–Kier alpha value is -1.58. The normalized spacial score (nSPS) is 10.5. The minimum atomic E-state index is -0.537. The van der Waals surface area contributed by atoms with Crippen molar-refractivity contribution < 1.29 is 18.7 Å². The average Bonchev–Trinajstić information content (AvgIpc) is 2.65. The standard InChI is InChI=1S/C12H16O4/c1-4-5-9(13)10-6-7-11(16-10)12(14)15-8(2)3/h6-8H,4-5H2,1-3H3. The van der Waals surface area contributed by atoms with Gasteiger partial charge < -0.3 is 9.15 Å². The van der Waals surface area contributed by atoms with Crippen LogP contribution in [0.25, 0.3) is 0 Å². The molecule has 0 atom stereocenters. The number of ether oxygens (including phenoxy) is 1. The molecule has 0 aromatic carbocycles. The van der Waals surface area contributed by atoms with Crippen LogP contribution in [-0.4, -0.2) is 17.9 Å². The highest BCUT2D eigenvalue weighted by Crippen LogP contribution is 2.12. The van der Waals surface area contributed by atoms with Gasteiger partial charge in [-0.25, -0.2) is 4.79 Å². The summed E-state index contributed by atoms with van der Waals surface area (Å²) < 4.78 is 10.1. The third-order valence-corrected chi connectivity index (χ3v) is 1.90.